The Morgan fingerprint density at radius 3 is 1.15 bits per heavy atom. The van der Waals surface area contributed by atoms with Crippen molar-refractivity contribution in [3.8, 4) is 0 Å². The summed E-state index contributed by atoms with van der Waals surface area (Å²) in [5.74, 6) is -1.20. The molecular weight excluding hydrogens is 661 g/mol. The molecule has 0 rings (SSSR count). The first-order chi connectivity index (χ1) is 26.0. The van der Waals surface area contributed by atoms with Crippen LogP contribution in [0.2, 0.25) is 0 Å². The molecule has 0 fully saturated rings. The highest BCUT2D eigenvalue weighted by molar-refractivity contribution is 5.72. The molecule has 0 spiro atoms. The smallest absolute Gasteiger partial charge is 0.310 e. The van der Waals surface area contributed by atoms with E-state index in [1.807, 2.05) is 12.2 Å². The van der Waals surface area contributed by atoms with E-state index in [4.69, 9.17) is 14.2 Å². The third kappa shape index (κ3) is 39.9. The highest BCUT2D eigenvalue weighted by Gasteiger charge is 2.19. The van der Waals surface area contributed by atoms with Gasteiger partial charge in [0.15, 0.2) is 6.10 Å². The lowest BCUT2D eigenvalue weighted by Crippen LogP contribution is -2.30. The Bertz CT molecular complexity index is 1030. The quantitative estimate of drug-likeness (QED) is 0.0273. The molecule has 0 bridgehead atoms. The molecule has 302 valence electrons. The fourth-order valence-corrected chi connectivity index (χ4v) is 5.62. The lowest BCUT2D eigenvalue weighted by Gasteiger charge is -2.17. The number of hydrogen-bond acceptors (Lipinski definition) is 6. The Morgan fingerprint density at radius 2 is 0.736 bits per heavy atom. The number of rotatable bonds is 37. The van der Waals surface area contributed by atoms with Crippen LogP contribution in [0.25, 0.3) is 0 Å². The molecule has 0 aliphatic heterocycles. The maximum atomic E-state index is 12.5. The summed E-state index contributed by atoms with van der Waals surface area (Å²) in [4.78, 5) is 37.4. The van der Waals surface area contributed by atoms with E-state index in [1.54, 1.807) is 12.2 Å². The van der Waals surface area contributed by atoms with Crippen molar-refractivity contribution >= 4 is 17.9 Å². The fourth-order valence-electron chi connectivity index (χ4n) is 5.62. The fraction of sp³-hybridized carbons (Fsp3) is 0.681. The van der Waals surface area contributed by atoms with Gasteiger partial charge in [-0.05, 0) is 44.9 Å². The predicted octanol–water partition coefficient (Wildman–Crippen LogP) is 13.5. The van der Waals surface area contributed by atoms with Crippen LogP contribution >= 0.6 is 0 Å². The molecule has 0 radical (unpaired) electrons. The number of allylic oxidation sites excluding steroid dienone is 10. The van der Waals surface area contributed by atoms with Crippen LogP contribution in [-0.2, 0) is 28.6 Å². The lowest BCUT2D eigenvalue weighted by atomic mass is 10.0. The SMILES string of the molecule is CC/C=C\C/C=C\C/C=C\CC(=O)OCC(COC(=O)CCCCCCCCCCCCCCCCCCC)OC(=O)C/C=C\C/C=C\C/C=C\CC. The summed E-state index contributed by atoms with van der Waals surface area (Å²) in [6.45, 7) is 6.19. The van der Waals surface area contributed by atoms with Crippen molar-refractivity contribution in [2.45, 2.75) is 194 Å². The van der Waals surface area contributed by atoms with E-state index in [9.17, 15) is 14.4 Å². The van der Waals surface area contributed by atoms with Gasteiger partial charge in [0.05, 0.1) is 12.8 Å². The molecule has 53 heavy (non-hydrogen) atoms. The van der Waals surface area contributed by atoms with Gasteiger partial charge in [-0.15, -0.1) is 0 Å². The highest BCUT2D eigenvalue weighted by Crippen LogP contribution is 2.15. The summed E-state index contributed by atoms with van der Waals surface area (Å²) in [7, 11) is 0. The molecule has 6 nitrogen and oxygen atoms in total. The molecular formula is C47H78O6. The summed E-state index contributed by atoms with van der Waals surface area (Å²) < 4.78 is 16.4. The number of unbranched alkanes of at least 4 members (excludes halogenated alkanes) is 16. The first kappa shape index (κ1) is 49.9. The lowest BCUT2D eigenvalue weighted by molar-refractivity contribution is -0.166. The molecule has 0 amide bonds. The Hall–Kier alpha value is -3.15. The number of hydrogen-bond donors (Lipinski definition) is 0. The first-order valence-electron chi connectivity index (χ1n) is 21.4. The van der Waals surface area contributed by atoms with Gasteiger partial charge in [0.2, 0.25) is 0 Å². The zero-order valence-electron chi connectivity index (χ0n) is 34.3. The maximum Gasteiger partial charge on any atom is 0.310 e. The molecule has 6 heteroatoms. The summed E-state index contributed by atoms with van der Waals surface area (Å²) in [6.07, 6.45) is 51.1. The van der Waals surface area contributed by atoms with Gasteiger partial charge in [-0.25, -0.2) is 0 Å². The standard InChI is InChI=1S/C47H78O6/c1-4-7-10-13-16-19-20-21-22-23-24-25-26-29-31-34-37-40-46(49)52-43-44(53-47(50)41-38-35-32-28-18-15-12-9-6-3)42-51-45(48)39-36-33-30-27-17-14-11-8-5-2/h8-9,11-12,17-18,27-28,33,35-36,38,44H,4-7,10,13-16,19-26,29-32,34,37,39-43H2,1-3H3/b11-8-,12-9-,27-17-,28-18-,36-33-,38-35-. The maximum absolute atomic E-state index is 12.5. The van der Waals surface area contributed by atoms with E-state index in [2.05, 4.69) is 69.4 Å². The predicted molar refractivity (Wildman–Crippen MR) is 224 cm³/mol. The Labute approximate surface area is 325 Å². The zero-order chi connectivity index (χ0) is 38.7. The number of esters is 3. The highest BCUT2D eigenvalue weighted by atomic mass is 16.6. The Morgan fingerprint density at radius 1 is 0.396 bits per heavy atom. The van der Waals surface area contributed by atoms with Gasteiger partial charge in [0.1, 0.15) is 13.2 Å². The van der Waals surface area contributed by atoms with Crippen LogP contribution in [0.1, 0.15) is 188 Å². The van der Waals surface area contributed by atoms with Gasteiger partial charge >= 0.3 is 17.9 Å². The monoisotopic (exact) mass is 739 g/mol. The molecule has 0 aromatic carbocycles. The van der Waals surface area contributed by atoms with E-state index in [0.717, 1.165) is 57.8 Å². The molecule has 1 unspecified atom stereocenters. The minimum Gasteiger partial charge on any atom is -0.462 e. The van der Waals surface area contributed by atoms with Crippen molar-refractivity contribution in [2.24, 2.45) is 0 Å². The number of ether oxygens (including phenoxy) is 3. The average molecular weight is 739 g/mol. The van der Waals surface area contributed by atoms with Gasteiger partial charge in [-0.3, -0.25) is 14.4 Å². The van der Waals surface area contributed by atoms with Crippen molar-refractivity contribution in [3.63, 3.8) is 0 Å². The summed E-state index contributed by atoms with van der Waals surface area (Å²) in [5.41, 5.74) is 0. The minimum absolute atomic E-state index is 0.0890. The van der Waals surface area contributed by atoms with Crippen molar-refractivity contribution in [1.29, 1.82) is 0 Å². The van der Waals surface area contributed by atoms with Crippen LogP contribution in [0.15, 0.2) is 72.9 Å². The van der Waals surface area contributed by atoms with E-state index in [-0.39, 0.29) is 32.0 Å². The second-order valence-electron chi connectivity index (χ2n) is 13.9. The molecule has 0 N–H and O–H groups in total. The summed E-state index contributed by atoms with van der Waals surface area (Å²) in [5, 5.41) is 0. The second kappa shape index (κ2) is 41.6. The Kier molecular flexibility index (Phi) is 39.1. The van der Waals surface area contributed by atoms with Crippen LogP contribution in [0.3, 0.4) is 0 Å². The third-order valence-corrected chi connectivity index (χ3v) is 8.77. The summed E-state index contributed by atoms with van der Waals surface area (Å²) in [6, 6.07) is 0. The van der Waals surface area contributed by atoms with Crippen molar-refractivity contribution in [3.05, 3.63) is 72.9 Å². The van der Waals surface area contributed by atoms with Crippen LogP contribution in [-0.4, -0.2) is 37.2 Å². The van der Waals surface area contributed by atoms with Gasteiger partial charge in [0, 0.05) is 6.42 Å². The van der Waals surface area contributed by atoms with E-state index >= 15 is 0 Å². The normalized spacial score (nSPS) is 12.7. The molecule has 0 heterocycles. The van der Waals surface area contributed by atoms with Gasteiger partial charge < -0.3 is 14.2 Å². The largest absolute Gasteiger partial charge is 0.462 e. The molecule has 0 saturated carbocycles. The topological polar surface area (TPSA) is 78.9 Å². The van der Waals surface area contributed by atoms with Gasteiger partial charge in [0.25, 0.3) is 0 Å². The molecule has 0 aromatic heterocycles. The molecule has 0 aromatic rings. The van der Waals surface area contributed by atoms with Gasteiger partial charge in [-0.1, -0.05) is 196 Å². The number of carbonyl (C=O) groups is 3. The van der Waals surface area contributed by atoms with Crippen LogP contribution in [0, 0.1) is 0 Å². The Balaban J connectivity index is 4.39. The van der Waals surface area contributed by atoms with E-state index in [1.165, 1.54) is 89.9 Å². The third-order valence-electron chi connectivity index (χ3n) is 8.77. The molecule has 1 atom stereocenters. The minimum atomic E-state index is -0.854. The molecule has 0 aliphatic carbocycles. The van der Waals surface area contributed by atoms with Crippen LogP contribution in [0.4, 0.5) is 0 Å². The van der Waals surface area contributed by atoms with Crippen molar-refractivity contribution in [2.75, 3.05) is 13.2 Å². The van der Waals surface area contributed by atoms with Crippen LogP contribution in [0.5, 0.6) is 0 Å². The zero-order valence-corrected chi connectivity index (χ0v) is 34.3. The average Bonchev–Trinajstić information content (AvgIpc) is 3.15. The van der Waals surface area contributed by atoms with Crippen molar-refractivity contribution in [1.82, 2.24) is 0 Å². The van der Waals surface area contributed by atoms with E-state index in [0.29, 0.717) is 6.42 Å². The van der Waals surface area contributed by atoms with E-state index < -0.39 is 18.0 Å². The number of carbonyl (C=O) groups excluding carboxylic acids is 3. The molecule has 0 saturated heterocycles. The summed E-state index contributed by atoms with van der Waals surface area (Å²) >= 11 is 0. The molecule has 0 aliphatic rings. The van der Waals surface area contributed by atoms with Crippen LogP contribution < -0.4 is 0 Å². The second-order valence-corrected chi connectivity index (χ2v) is 13.9. The van der Waals surface area contributed by atoms with Gasteiger partial charge in [-0.2, -0.15) is 0 Å². The van der Waals surface area contributed by atoms with Crippen molar-refractivity contribution < 1.29 is 28.6 Å². The first-order valence-corrected chi connectivity index (χ1v) is 21.4.